The molecule has 0 aliphatic heterocycles. The summed E-state index contributed by atoms with van der Waals surface area (Å²) in [6, 6.07) is 4.56. The van der Waals surface area contributed by atoms with E-state index in [1.54, 1.807) is 19.9 Å². The SMILES string of the molecule is CCC(=O)c1cccc([N+](=O)[O-])c1C. The second-order valence-corrected chi connectivity index (χ2v) is 2.98. The molecule has 0 bridgehead atoms. The van der Waals surface area contributed by atoms with Gasteiger partial charge in [0.2, 0.25) is 0 Å². The highest BCUT2D eigenvalue weighted by Gasteiger charge is 2.16. The van der Waals surface area contributed by atoms with Gasteiger partial charge in [0, 0.05) is 23.6 Å². The van der Waals surface area contributed by atoms with Crippen LogP contribution in [0.25, 0.3) is 0 Å². The van der Waals surface area contributed by atoms with E-state index in [0.717, 1.165) is 0 Å². The van der Waals surface area contributed by atoms with Gasteiger partial charge in [-0.3, -0.25) is 14.9 Å². The molecule has 4 nitrogen and oxygen atoms in total. The molecule has 0 amide bonds. The average Bonchev–Trinajstić information content (AvgIpc) is 2.16. The third kappa shape index (κ3) is 1.79. The van der Waals surface area contributed by atoms with Gasteiger partial charge in [-0.05, 0) is 6.92 Å². The average molecular weight is 193 g/mol. The van der Waals surface area contributed by atoms with Crippen molar-refractivity contribution in [2.75, 3.05) is 0 Å². The summed E-state index contributed by atoms with van der Waals surface area (Å²) in [5.41, 5.74) is 0.898. The van der Waals surface area contributed by atoms with Gasteiger partial charge in [-0.25, -0.2) is 0 Å². The molecular formula is C10H11NO3. The maximum atomic E-state index is 11.4. The number of Topliss-reactive ketones (excluding diaryl/α,β-unsaturated/α-hetero) is 1. The Morgan fingerprint density at radius 2 is 2.14 bits per heavy atom. The number of ketones is 1. The molecule has 4 heteroatoms. The molecule has 74 valence electrons. The highest BCUT2D eigenvalue weighted by molar-refractivity contribution is 5.98. The zero-order valence-electron chi connectivity index (χ0n) is 8.11. The Hall–Kier alpha value is -1.71. The Morgan fingerprint density at radius 3 is 2.64 bits per heavy atom. The first-order chi connectivity index (χ1) is 6.57. The largest absolute Gasteiger partial charge is 0.294 e. The van der Waals surface area contributed by atoms with E-state index >= 15 is 0 Å². The molecule has 0 fully saturated rings. The predicted molar refractivity (Wildman–Crippen MR) is 52.5 cm³/mol. The summed E-state index contributed by atoms with van der Waals surface area (Å²) >= 11 is 0. The Kier molecular flexibility index (Phi) is 2.96. The van der Waals surface area contributed by atoms with Crippen LogP contribution in [-0.4, -0.2) is 10.7 Å². The highest BCUT2D eigenvalue weighted by Crippen LogP contribution is 2.21. The fourth-order valence-electron chi connectivity index (χ4n) is 1.31. The van der Waals surface area contributed by atoms with Crippen LogP contribution in [0, 0.1) is 17.0 Å². The Labute approximate surface area is 81.7 Å². The first-order valence-corrected chi connectivity index (χ1v) is 4.35. The number of hydrogen-bond donors (Lipinski definition) is 0. The summed E-state index contributed by atoms with van der Waals surface area (Å²) in [6.07, 6.45) is 0.363. The zero-order valence-corrected chi connectivity index (χ0v) is 8.11. The predicted octanol–water partition coefficient (Wildman–Crippen LogP) is 2.50. The monoisotopic (exact) mass is 193 g/mol. The second kappa shape index (κ2) is 4.00. The highest BCUT2D eigenvalue weighted by atomic mass is 16.6. The molecular weight excluding hydrogens is 182 g/mol. The molecule has 1 aromatic carbocycles. The topological polar surface area (TPSA) is 60.2 Å². The van der Waals surface area contributed by atoms with Crippen LogP contribution in [0.15, 0.2) is 18.2 Å². The Bertz CT molecular complexity index is 385. The number of nitro groups is 1. The van der Waals surface area contributed by atoms with Crippen molar-refractivity contribution in [3.63, 3.8) is 0 Å². The number of carbonyl (C=O) groups is 1. The molecule has 0 atom stereocenters. The molecule has 0 spiro atoms. The van der Waals surface area contributed by atoms with Crippen LogP contribution in [0.4, 0.5) is 5.69 Å². The minimum absolute atomic E-state index is 0.00398. The lowest BCUT2D eigenvalue weighted by Gasteiger charge is -2.02. The molecule has 14 heavy (non-hydrogen) atoms. The lowest BCUT2D eigenvalue weighted by molar-refractivity contribution is -0.385. The number of rotatable bonds is 3. The molecule has 0 saturated carbocycles. The third-order valence-corrected chi connectivity index (χ3v) is 2.12. The van der Waals surface area contributed by atoms with Crippen LogP contribution >= 0.6 is 0 Å². The molecule has 0 aliphatic rings. The van der Waals surface area contributed by atoms with Crippen molar-refractivity contribution in [1.29, 1.82) is 0 Å². The Balaban J connectivity index is 3.27. The minimum Gasteiger partial charge on any atom is -0.294 e. The lowest BCUT2D eigenvalue weighted by Crippen LogP contribution is -2.02. The van der Waals surface area contributed by atoms with Crippen LogP contribution in [0.3, 0.4) is 0 Å². The van der Waals surface area contributed by atoms with Gasteiger partial charge in [-0.1, -0.05) is 19.1 Å². The van der Waals surface area contributed by atoms with Crippen molar-refractivity contribution in [1.82, 2.24) is 0 Å². The fraction of sp³-hybridized carbons (Fsp3) is 0.300. The van der Waals surface area contributed by atoms with Gasteiger partial charge in [0.05, 0.1) is 4.92 Å². The molecule has 0 unspecified atom stereocenters. The molecule has 0 heterocycles. The van der Waals surface area contributed by atoms with Gasteiger partial charge in [0.25, 0.3) is 5.69 Å². The first-order valence-electron chi connectivity index (χ1n) is 4.35. The maximum absolute atomic E-state index is 11.4. The maximum Gasteiger partial charge on any atom is 0.273 e. The van der Waals surface area contributed by atoms with E-state index in [4.69, 9.17) is 0 Å². The van der Waals surface area contributed by atoms with Gasteiger partial charge in [0.15, 0.2) is 5.78 Å². The van der Waals surface area contributed by atoms with Crippen LogP contribution in [-0.2, 0) is 0 Å². The number of benzene rings is 1. The van der Waals surface area contributed by atoms with Gasteiger partial charge in [-0.2, -0.15) is 0 Å². The zero-order chi connectivity index (χ0) is 10.7. The molecule has 0 aliphatic carbocycles. The van der Waals surface area contributed by atoms with Crippen molar-refractivity contribution < 1.29 is 9.72 Å². The quantitative estimate of drug-likeness (QED) is 0.421. The van der Waals surface area contributed by atoms with Crippen LogP contribution in [0.5, 0.6) is 0 Å². The van der Waals surface area contributed by atoms with E-state index in [1.165, 1.54) is 12.1 Å². The van der Waals surface area contributed by atoms with E-state index in [9.17, 15) is 14.9 Å². The van der Waals surface area contributed by atoms with Crippen LogP contribution < -0.4 is 0 Å². The van der Waals surface area contributed by atoms with Crippen molar-refractivity contribution in [2.45, 2.75) is 20.3 Å². The molecule has 1 rings (SSSR count). The number of carbonyl (C=O) groups excluding carboxylic acids is 1. The second-order valence-electron chi connectivity index (χ2n) is 2.98. The summed E-state index contributed by atoms with van der Waals surface area (Å²) in [7, 11) is 0. The lowest BCUT2D eigenvalue weighted by atomic mass is 10.0. The van der Waals surface area contributed by atoms with Crippen molar-refractivity contribution >= 4 is 11.5 Å². The molecule has 0 radical (unpaired) electrons. The standard InChI is InChI=1S/C10H11NO3/c1-3-10(12)8-5-4-6-9(7(8)2)11(13)14/h4-6H,3H2,1-2H3. The van der Waals surface area contributed by atoms with Crippen molar-refractivity contribution in [2.24, 2.45) is 0 Å². The number of nitro benzene ring substituents is 1. The van der Waals surface area contributed by atoms with Gasteiger partial charge < -0.3 is 0 Å². The number of hydrogen-bond acceptors (Lipinski definition) is 3. The van der Waals surface area contributed by atoms with E-state index in [-0.39, 0.29) is 11.5 Å². The summed E-state index contributed by atoms with van der Waals surface area (Å²) in [6.45, 7) is 3.33. The van der Waals surface area contributed by atoms with E-state index in [1.807, 2.05) is 0 Å². The molecule has 0 aromatic heterocycles. The third-order valence-electron chi connectivity index (χ3n) is 2.12. The van der Waals surface area contributed by atoms with Crippen molar-refractivity contribution in [3.05, 3.63) is 39.4 Å². The van der Waals surface area contributed by atoms with Gasteiger partial charge >= 0.3 is 0 Å². The van der Waals surface area contributed by atoms with Gasteiger partial charge in [-0.15, -0.1) is 0 Å². The van der Waals surface area contributed by atoms with E-state index in [2.05, 4.69) is 0 Å². The van der Waals surface area contributed by atoms with E-state index in [0.29, 0.717) is 17.5 Å². The fourth-order valence-corrected chi connectivity index (χ4v) is 1.31. The van der Waals surface area contributed by atoms with Gasteiger partial charge in [0.1, 0.15) is 0 Å². The summed E-state index contributed by atoms with van der Waals surface area (Å²) < 4.78 is 0. The van der Waals surface area contributed by atoms with Crippen LogP contribution in [0.1, 0.15) is 29.3 Å². The summed E-state index contributed by atoms with van der Waals surface area (Å²) in [5, 5.41) is 10.6. The van der Waals surface area contributed by atoms with Crippen LogP contribution in [0.2, 0.25) is 0 Å². The normalized spacial score (nSPS) is 9.86. The number of nitrogens with zero attached hydrogens (tertiary/aromatic N) is 1. The van der Waals surface area contributed by atoms with Crippen molar-refractivity contribution in [3.8, 4) is 0 Å². The summed E-state index contributed by atoms with van der Waals surface area (Å²) in [4.78, 5) is 21.5. The smallest absolute Gasteiger partial charge is 0.273 e. The minimum atomic E-state index is -0.470. The van der Waals surface area contributed by atoms with E-state index < -0.39 is 4.92 Å². The first kappa shape index (κ1) is 10.4. The molecule has 0 N–H and O–H groups in total. The molecule has 0 saturated heterocycles. The Morgan fingerprint density at radius 1 is 1.50 bits per heavy atom. The summed E-state index contributed by atoms with van der Waals surface area (Å²) in [5.74, 6) is -0.0637. The molecule has 1 aromatic rings.